The Morgan fingerprint density at radius 2 is 2.00 bits per heavy atom. The molecule has 0 amide bonds. The minimum absolute atomic E-state index is 0.0992. The first-order chi connectivity index (χ1) is 13.0. The van der Waals surface area contributed by atoms with Crippen LogP contribution in [-0.2, 0) is 33.3 Å². The van der Waals surface area contributed by atoms with E-state index in [0.717, 1.165) is 5.56 Å². The van der Waals surface area contributed by atoms with Crippen LogP contribution in [0.5, 0.6) is 0 Å². The number of ether oxygens (including phenoxy) is 5. The van der Waals surface area contributed by atoms with Crippen LogP contribution in [-0.4, -0.2) is 56.1 Å². The lowest BCUT2D eigenvalue weighted by Gasteiger charge is -2.46. The van der Waals surface area contributed by atoms with Gasteiger partial charge in [-0.05, 0) is 5.53 Å². The zero-order chi connectivity index (χ0) is 19.4. The Morgan fingerprint density at radius 3 is 2.63 bits per heavy atom. The number of benzene rings is 1. The SMILES string of the molecule is COC(=O)[C@@H]1O[C@@H]2COC(c3ccccc3)O[C@@H]2C(N=[N+]=[N-])[C@H]1OC(C)=O. The van der Waals surface area contributed by atoms with Crippen molar-refractivity contribution in [1.82, 2.24) is 0 Å². The Morgan fingerprint density at radius 1 is 1.26 bits per heavy atom. The largest absolute Gasteiger partial charge is 0.467 e. The molecular weight excluding hydrogens is 358 g/mol. The maximum absolute atomic E-state index is 12.1. The number of methoxy groups -OCH3 is 1. The highest BCUT2D eigenvalue weighted by Crippen LogP contribution is 2.36. The number of carbonyl (C=O) groups excluding carboxylic acids is 2. The van der Waals surface area contributed by atoms with Crippen LogP contribution in [0, 0.1) is 0 Å². The average Bonchev–Trinajstić information content (AvgIpc) is 2.69. The highest BCUT2D eigenvalue weighted by atomic mass is 16.7. The van der Waals surface area contributed by atoms with Gasteiger partial charge < -0.3 is 23.7 Å². The minimum Gasteiger partial charge on any atom is -0.467 e. The van der Waals surface area contributed by atoms with E-state index in [1.54, 1.807) is 0 Å². The van der Waals surface area contributed by atoms with Crippen molar-refractivity contribution in [2.24, 2.45) is 5.11 Å². The quantitative estimate of drug-likeness (QED) is 0.337. The Labute approximate surface area is 154 Å². The summed E-state index contributed by atoms with van der Waals surface area (Å²) < 4.78 is 27.3. The molecule has 27 heavy (non-hydrogen) atoms. The molecule has 10 nitrogen and oxygen atoms in total. The first-order valence-electron chi connectivity index (χ1n) is 8.32. The van der Waals surface area contributed by atoms with E-state index in [-0.39, 0.29) is 6.61 Å². The summed E-state index contributed by atoms with van der Waals surface area (Å²) in [6, 6.07) is 8.21. The van der Waals surface area contributed by atoms with Crippen LogP contribution in [0.15, 0.2) is 35.4 Å². The molecule has 2 saturated heterocycles. The summed E-state index contributed by atoms with van der Waals surface area (Å²) in [6.07, 6.45) is -4.61. The molecule has 0 bridgehead atoms. The van der Waals surface area contributed by atoms with Crippen molar-refractivity contribution in [2.75, 3.05) is 13.7 Å². The Balaban J connectivity index is 1.90. The molecule has 144 valence electrons. The van der Waals surface area contributed by atoms with Crippen LogP contribution in [0.3, 0.4) is 0 Å². The summed E-state index contributed by atoms with van der Waals surface area (Å²) in [5.41, 5.74) is 9.77. The van der Waals surface area contributed by atoms with Crippen molar-refractivity contribution in [3.8, 4) is 0 Å². The number of carbonyl (C=O) groups is 2. The first kappa shape index (κ1) is 19.1. The van der Waals surface area contributed by atoms with Gasteiger partial charge in [-0.2, -0.15) is 0 Å². The molecular formula is C17H19N3O7. The molecule has 10 heteroatoms. The molecule has 0 aliphatic carbocycles. The van der Waals surface area contributed by atoms with Crippen LogP contribution < -0.4 is 0 Å². The van der Waals surface area contributed by atoms with Gasteiger partial charge >= 0.3 is 11.9 Å². The molecule has 0 aromatic heterocycles. The number of azide groups is 1. The van der Waals surface area contributed by atoms with E-state index in [0.29, 0.717) is 0 Å². The van der Waals surface area contributed by atoms with Crippen molar-refractivity contribution in [3.63, 3.8) is 0 Å². The summed E-state index contributed by atoms with van der Waals surface area (Å²) in [5.74, 6) is -1.40. The van der Waals surface area contributed by atoms with Crippen LogP contribution >= 0.6 is 0 Å². The molecule has 3 rings (SSSR count). The molecule has 2 aliphatic heterocycles. The maximum Gasteiger partial charge on any atom is 0.338 e. The predicted molar refractivity (Wildman–Crippen MR) is 89.2 cm³/mol. The van der Waals surface area contributed by atoms with Gasteiger partial charge in [0, 0.05) is 17.4 Å². The molecule has 0 saturated carbocycles. The normalized spacial score (nSPS) is 32.5. The highest BCUT2D eigenvalue weighted by Gasteiger charge is 2.53. The van der Waals surface area contributed by atoms with Gasteiger partial charge in [-0.25, -0.2) is 4.79 Å². The number of hydrogen-bond acceptors (Lipinski definition) is 8. The molecule has 2 unspecified atom stereocenters. The first-order valence-corrected chi connectivity index (χ1v) is 8.32. The Kier molecular flexibility index (Phi) is 5.92. The highest BCUT2D eigenvalue weighted by molar-refractivity contribution is 5.76. The van der Waals surface area contributed by atoms with Gasteiger partial charge in [-0.15, -0.1) is 0 Å². The van der Waals surface area contributed by atoms with Crippen molar-refractivity contribution in [2.45, 2.75) is 43.7 Å². The van der Waals surface area contributed by atoms with E-state index in [9.17, 15) is 9.59 Å². The van der Waals surface area contributed by atoms with Gasteiger partial charge in [0.15, 0.2) is 12.4 Å². The van der Waals surface area contributed by atoms with Gasteiger partial charge in [0.25, 0.3) is 0 Å². The van der Waals surface area contributed by atoms with Gasteiger partial charge in [0.05, 0.1) is 13.7 Å². The molecule has 2 heterocycles. The van der Waals surface area contributed by atoms with Crippen LogP contribution in [0.25, 0.3) is 10.4 Å². The fourth-order valence-corrected chi connectivity index (χ4v) is 3.20. The third kappa shape index (κ3) is 4.04. The minimum atomic E-state index is -1.25. The monoisotopic (exact) mass is 377 g/mol. The molecule has 1 aromatic carbocycles. The smallest absolute Gasteiger partial charge is 0.338 e. The Bertz CT molecular complexity index is 737. The number of esters is 2. The summed E-state index contributed by atoms with van der Waals surface area (Å²) in [7, 11) is 1.19. The van der Waals surface area contributed by atoms with E-state index < -0.39 is 48.7 Å². The molecule has 0 spiro atoms. The second kappa shape index (κ2) is 8.36. The number of hydrogen-bond donors (Lipinski definition) is 0. The lowest BCUT2D eigenvalue weighted by atomic mass is 9.92. The van der Waals surface area contributed by atoms with Crippen LogP contribution in [0.2, 0.25) is 0 Å². The lowest BCUT2D eigenvalue weighted by Crippen LogP contribution is -2.63. The van der Waals surface area contributed by atoms with E-state index >= 15 is 0 Å². The topological polar surface area (TPSA) is 129 Å². The second-order valence-corrected chi connectivity index (χ2v) is 6.06. The van der Waals surface area contributed by atoms with Gasteiger partial charge in [0.2, 0.25) is 0 Å². The summed E-state index contributed by atoms with van der Waals surface area (Å²) >= 11 is 0. The van der Waals surface area contributed by atoms with E-state index in [4.69, 9.17) is 29.2 Å². The van der Waals surface area contributed by atoms with Crippen molar-refractivity contribution in [3.05, 3.63) is 46.3 Å². The van der Waals surface area contributed by atoms with Crippen molar-refractivity contribution in [1.29, 1.82) is 0 Å². The van der Waals surface area contributed by atoms with Crippen LogP contribution in [0.1, 0.15) is 18.8 Å². The number of rotatable bonds is 4. The summed E-state index contributed by atoms with van der Waals surface area (Å²) in [4.78, 5) is 26.5. The third-order valence-corrected chi connectivity index (χ3v) is 4.34. The zero-order valence-corrected chi connectivity index (χ0v) is 14.8. The van der Waals surface area contributed by atoms with Crippen LogP contribution in [0.4, 0.5) is 0 Å². The average molecular weight is 377 g/mol. The summed E-state index contributed by atoms with van der Waals surface area (Å²) in [6.45, 7) is 1.28. The fraction of sp³-hybridized carbons (Fsp3) is 0.529. The number of fused-ring (bicyclic) bond motifs is 1. The molecule has 0 radical (unpaired) electrons. The van der Waals surface area contributed by atoms with Gasteiger partial charge in [-0.1, -0.05) is 35.4 Å². The van der Waals surface area contributed by atoms with Gasteiger partial charge in [-0.3, -0.25) is 4.79 Å². The molecule has 6 atom stereocenters. The number of nitrogens with zero attached hydrogens (tertiary/aromatic N) is 3. The van der Waals surface area contributed by atoms with E-state index in [1.807, 2.05) is 30.3 Å². The molecule has 2 aliphatic rings. The second-order valence-electron chi connectivity index (χ2n) is 6.06. The van der Waals surface area contributed by atoms with Crippen molar-refractivity contribution >= 4 is 11.9 Å². The molecule has 1 aromatic rings. The van der Waals surface area contributed by atoms with Crippen molar-refractivity contribution < 1.29 is 33.3 Å². The maximum atomic E-state index is 12.1. The Hall–Kier alpha value is -2.65. The zero-order valence-electron chi connectivity index (χ0n) is 14.8. The molecule has 0 N–H and O–H groups in total. The molecule has 2 fully saturated rings. The van der Waals surface area contributed by atoms with E-state index in [2.05, 4.69) is 10.0 Å². The summed E-state index contributed by atoms with van der Waals surface area (Å²) in [5, 5.41) is 3.73. The lowest BCUT2D eigenvalue weighted by molar-refractivity contribution is -0.306. The fourth-order valence-electron chi connectivity index (χ4n) is 3.20. The third-order valence-electron chi connectivity index (χ3n) is 4.34. The van der Waals surface area contributed by atoms with E-state index in [1.165, 1.54) is 14.0 Å². The standard InChI is InChI=1S/C17H19N3O7/c1-9(21)25-14-12(19-20-18)13-11(26-15(14)16(22)23-2)8-24-17(27-13)10-6-4-3-5-7-10/h3-7,11-15,17H,8H2,1-2H3/t11-,12?,13+,14-,15-,17?/m1/s1. The van der Waals surface area contributed by atoms with Gasteiger partial charge in [0.1, 0.15) is 24.4 Å². The predicted octanol–water partition coefficient (Wildman–Crippen LogP) is 1.65.